The van der Waals surface area contributed by atoms with Crippen molar-refractivity contribution < 1.29 is 4.42 Å². The lowest BCUT2D eigenvalue weighted by Crippen LogP contribution is -1.89. The van der Waals surface area contributed by atoms with Crippen LogP contribution in [0.3, 0.4) is 0 Å². The molecule has 2 heteroatoms. The zero-order valence-electron chi connectivity index (χ0n) is 11.3. The van der Waals surface area contributed by atoms with Gasteiger partial charge in [0.05, 0.1) is 6.20 Å². The van der Waals surface area contributed by atoms with E-state index >= 15 is 0 Å². The molecule has 1 heterocycles. The molecule has 2 nitrogen and oxygen atoms in total. The van der Waals surface area contributed by atoms with E-state index in [2.05, 4.69) is 29.2 Å². The fourth-order valence-electron chi connectivity index (χ4n) is 2.25. The monoisotopic (exact) mass is 263 g/mol. The summed E-state index contributed by atoms with van der Waals surface area (Å²) in [5.41, 5.74) is 2.44. The van der Waals surface area contributed by atoms with Gasteiger partial charge in [0.25, 0.3) is 0 Å². The number of nitrogens with zero attached hydrogens (tertiary/aromatic N) is 1. The smallest absolute Gasteiger partial charge is 0.194 e. The first kappa shape index (κ1) is 12.7. The minimum absolute atomic E-state index is 0.819. The maximum Gasteiger partial charge on any atom is 0.194 e. The summed E-state index contributed by atoms with van der Waals surface area (Å²) in [6, 6.07) is 20.6. The van der Waals surface area contributed by atoms with Crippen LogP contribution in [0.1, 0.15) is 17.9 Å². The molecule has 20 heavy (non-hydrogen) atoms. The second-order valence-corrected chi connectivity index (χ2v) is 4.82. The number of benzene rings is 2. The summed E-state index contributed by atoms with van der Waals surface area (Å²) < 4.78 is 5.80. The Morgan fingerprint density at radius 2 is 1.50 bits per heavy atom. The summed E-state index contributed by atoms with van der Waals surface area (Å²) in [5, 5.41) is 0. The molecule has 3 aromatic rings. The molecule has 2 aromatic carbocycles. The third-order valence-corrected chi connectivity index (χ3v) is 3.31. The van der Waals surface area contributed by atoms with Gasteiger partial charge >= 0.3 is 0 Å². The molecule has 0 bridgehead atoms. The molecule has 0 atom stereocenters. The van der Waals surface area contributed by atoms with E-state index in [1.165, 1.54) is 5.56 Å². The highest BCUT2D eigenvalue weighted by atomic mass is 16.4. The Balaban J connectivity index is 1.58. The van der Waals surface area contributed by atoms with E-state index in [9.17, 15) is 0 Å². The van der Waals surface area contributed by atoms with Gasteiger partial charge in [-0.1, -0.05) is 60.7 Å². The lowest BCUT2D eigenvalue weighted by atomic mass is 10.1. The summed E-state index contributed by atoms with van der Waals surface area (Å²) in [6.07, 6.45) is 4.80. The van der Waals surface area contributed by atoms with Crippen molar-refractivity contribution in [2.45, 2.75) is 19.3 Å². The average molecular weight is 263 g/mol. The van der Waals surface area contributed by atoms with Crippen molar-refractivity contribution in [3.05, 3.63) is 78.3 Å². The molecule has 0 N–H and O–H groups in total. The Morgan fingerprint density at radius 1 is 0.800 bits per heavy atom. The maximum absolute atomic E-state index is 5.80. The highest BCUT2D eigenvalue weighted by molar-refractivity contribution is 5.55. The zero-order chi connectivity index (χ0) is 13.6. The molecule has 100 valence electrons. The van der Waals surface area contributed by atoms with Crippen molar-refractivity contribution in [3.63, 3.8) is 0 Å². The number of aromatic nitrogens is 1. The Morgan fingerprint density at radius 3 is 2.25 bits per heavy atom. The van der Waals surface area contributed by atoms with Gasteiger partial charge in [0.15, 0.2) is 11.7 Å². The third kappa shape index (κ3) is 3.15. The molecular weight excluding hydrogens is 246 g/mol. The summed E-state index contributed by atoms with van der Waals surface area (Å²) in [7, 11) is 0. The van der Waals surface area contributed by atoms with Crippen LogP contribution in [0.15, 0.2) is 71.3 Å². The van der Waals surface area contributed by atoms with Gasteiger partial charge in [-0.3, -0.25) is 0 Å². The molecule has 0 aliphatic rings. The topological polar surface area (TPSA) is 26.0 Å². The van der Waals surface area contributed by atoms with Crippen LogP contribution >= 0.6 is 0 Å². The fraction of sp³-hybridized carbons (Fsp3) is 0.167. The Hall–Kier alpha value is -2.35. The van der Waals surface area contributed by atoms with Crippen LogP contribution in [-0.4, -0.2) is 4.98 Å². The minimum atomic E-state index is 0.819. The number of oxazole rings is 1. The fourth-order valence-corrected chi connectivity index (χ4v) is 2.25. The van der Waals surface area contributed by atoms with Crippen LogP contribution in [0, 0.1) is 0 Å². The van der Waals surface area contributed by atoms with Crippen LogP contribution in [0.5, 0.6) is 0 Å². The van der Waals surface area contributed by atoms with Crippen LogP contribution in [-0.2, 0) is 12.8 Å². The number of hydrogen-bond donors (Lipinski definition) is 0. The molecular formula is C18H17NO. The molecule has 1 aromatic heterocycles. The van der Waals surface area contributed by atoms with E-state index in [0.29, 0.717) is 0 Å². The molecule has 0 amide bonds. The summed E-state index contributed by atoms with van der Waals surface area (Å²) in [5.74, 6) is 1.67. The SMILES string of the molecule is c1ccc(CCCc2ncc(-c3ccccc3)o2)cc1. The predicted octanol–water partition coefficient (Wildman–Crippen LogP) is 4.52. The van der Waals surface area contributed by atoms with E-state index in [1.54, 1.807) is 0 Å². The summed E-state index contributed by atoms with van der Waals surface area (Å²) in [4.78, 5) is 4.36. The van der Waals surface area contributed by atoms with Gasteiger partial charge in [-0.25, -0.2) is 4.98 Å². The minimum Gasteiger partial charge on any atom is -0.441 e. The molecule has 0 saturated heterocycles. The second kappa shape index (κ2) is 6.20. The second-order valence-electron chi connectivity index (χ2n) is 4.82. The Bertz CT molecular complexity index is 643. The zero-order valence-corrected chi connectivity index (χ0v) is 11.3. The summed E-state index contributed by atoms with van der Waals surface area (Å²) >= 11 is 0. The quantitative estimate of drug-likeness (QED) is 0.676. The van der Waals surface area contributed by atoms with Crippen LogP contribution < -0.4 is 0 Å². The maximum atomic E-state index is 5.80. The Labute approximate surface area is 119 Å². The largest absolute Gasteiger partial charge is 0.441 e. The van der Waals surface area contributed by atoms with Crippen molar-refractivity contribution in [3.8, 4) is 11.3 Å². The van der Waals surface area contributed by atoms with Crippen molar-refractivity contribution in [1.29, 1.82) is 0 Å². The van der Waals surface area contributed by atoms with Crippen LogP contribution in [0.2, 0.25) is 0 Å². The molecule has 0 saturated carbocycles. The first-order chi connectivity index (χ1) is 9.92. The molecule has 0 radical (unpaired) electrons. The first-order valence-electron chi connectivity index (χ1n) is 6.96. The van der Waals surface area contributed by atoms with E-state index in [1.807, 2.05) is 42.6 Å². The average Bonchev–Trinajstić information content (AvgIpc) is 2.98. The molecule has 0 spiro atoms. The first-order valence-corrected chi connectivity index (χ1v) is 6.96. The van der Waals surface area contributed by atoms with Crippen molar-refractivity contribution >= 4 is 0 Å². The van der Waals surface area contributed by atoms with E-state index in [0.717, 1.165) is 36.5 Å². The van der Waals surface area contributed by atoms with E-state index < -0.39 is 0 Å². The van der Waals surface area contributed by atoms with Crippen molar-refractivity contribution in [1.82, 2.24) is 4.98 Å². The molecule has 3 rings (SSSR count). The molecule has 0 aliphatic heterocycles. The predicted molar refractivity (Wildman–Crippen MR) is 80.4 cm³/mol. The van der Waals surface area contributed by atoms with Crippen molar-refractivity contribution in [2.75, 3.05) is 0 Å². The lowest BCUT2D eigenvalue weighted by molar-refractivity contribution is 0.498. The normalized spacial score (nSPS) is 10.6. The van der Waals surface area contributed by atoms with Crippen LogP contribution in [0.4, 0.5) is 0 Å². The highest BCUT2D eigenvalue weighted by Crippen LogP contribution is 2.20. The van der Waals surface area contributed by atoms with Gasteiger partial charge < -0.3 is 4.42 Å². The van der Waals surface area contributed by atoms with Gasteiger partial charge in [0.1, 0.15) is 0 Å². The van der Waals surface area contributed by atoms with E-state index in [-0.39, 0.29) is 0 Å². The third-order valence-electron chi connectivity index (χ3n) is 3.31. The summed E-state index contributed by atoms with van der Waals surface area (Å²) in [6.45, 7) is 0. The lowest BCUT2D eigenvalue weighted by Gasteiger charge is -1.99. The van der Waals surface area contributed by atoms with Crippen LogP contribution in [0.25, 0.3) is 11.3 Å². The number of hydrogen-bond acceptors (Lipinski definition) is 2. The highest BCUT2D eigenvalue weighted by Gasteiger charge is 2.05. The van der Waals surface area contributed by atoms with Gasteiger partial charge in [-0.2, -0.15) is 0 Å². The standard InChI is InChI=1S/C18H17NO/c1-3-8-15(9-4-1)10-7-13-18-19-14-17(20-18)16-11-5-2-6-12-16/h1-6,8-9,11-12,14H,7,10,13H2. The van der Waals surface area contributed by atoms with Crippen molar-refractivity contribution in [2.24, 2.45) is 0 Å². The van der Waals surface area contributed by atoms with Gasteiger partial charge in [-0.15, -0.1) is 0 Å². The molecule has 0 fully saturated rings. The molecule has 0 aliphatic carbocycles. The number of rotatable bonds is 5. The number of aryl methyl sites for hydroxylation is 2. The van der Waals surface area contributed by atoms with E-state index in [4.69, 9.17) is 4.42 Å². The molecule has 0 unspecified atom stereocenters. The Kier molecular flexibility index (Phi) is 3.93. The van der Waals surface area contributed by atoms with Gasteiger partial charge in [0, 0.05) is 12.0 Å². The van der Waals surface area contributed by atoms with Gasteiger partial charge in [-0.05, 0) is 18.4 Å². The van der Waals surface area contributed by atoms with Gasteiger partial charge in [0.2, 0.25) is 0 Å².